The number of nitrogens with zero attached hydrogens (tertiary/aromatic N) is 1. The normalized spacial score (nSPS) is 22.5. The van der Waals surface area contributed by atoms with Gasteiger partial charge in [0, 0.05) is 19.6 Å². The Balaban J connectivity index is 1.92. The smallest absolute Gasteiger partial charge is 0.150 e. The molecule has 1 aliphatic heterocycles. The maximum absolute atomic E-state index is 10.6. The van der Waals surface area contributed by atoms with Crippen LogP contribution >= 0.6 is 0 Å². The van der Waals surface area contributed by atoms with Crippen LogP contribution in [0.25, 0.3) is 0 Å². The average Bonchev–Trinajstić information content (AvgIpc) is 2.31. The minimum atomic E-state index is -0.248. The molecule has 0 amide bonds. The molecule has 0 unspecified atom stereocenters. The van der Waals surface area contributed by atoms with Gasteiger partial charge in [0.15, 0.2) is 0 Å². The summed E-state index contributed by atoms with van der Waals surface area (Å²) in [7, 11) is 0. The standard InChI is InChI=1S/C12H15NO2/c14-10-12-9-13(6-7-15-12)8-11-4-2-1-3-5-11/h1-5,10,12H,6-9H2/t12-/m0/s1. The topological polar surface area (TPSA) is 29.5 Å². The summed E-state index contributed by atoms with van der Waals surface area (Å²) in [4.78, 5) is 12.9. The molecular formula is C12H15NO2. The van der Waals surface area contributed by atoms with Crippen LogP contribution in [0.1, 0.15) is 5.56 Å². The maximum Gasteiger partial charge on any atom is 0.150 e. The van der Waals surface area contributed by atoms with Crippen molar-refractivity contribution in [3.05, 3.63) is 35.9 Å². The third kappa shape index (κ3) is 2.88. The highest BCUT2D eigenvalue weighted by molar-refractivity contribution is 5.56. The monoisotopic (exact) mass is 205 g/mol. The molecule has 0 spiro atoms. The highest BCUT2D eigenvalue weighted by atomic mass is 16.5. The first-order valence-corrected chi connectivity index (χ1v) is 5.21. The number of aldehydes is 1. The molecule has 1 heterocycles. The van der Waals surface area contributed by atoms with Crippen molar-refractivity contribution in [1.82, 2.24) is 4.90 Å². The number of carbonyl (C=O) groups excluding carboxylic acids is 1. The van der Waals surface area contributed by atoms with Crippen LogP contribution in [0, 0.1) is 0 Å². The Bertz CT molecular complexity index is 313. The third-order valence-corrected chi connectivity index (χ3v) is 2.58. The van der Waals surface area contributed by atoms with Crippen LogP contribution < -0.4 is 0 Å². The maximum atomic E-state index is 10.6. The molecule has 0 aliphatic carbocycles. The van der Waals surface area contributed by atoms with Crippen molar-refractivity contribution >= 4 is 6.29 Å². The quantitative estimate of drug-likeness (QED) is 0.692. The molecule has 1 aromatic carbocycles. The van der Waals surface area contributed by atoms with E-state index in [9.17, 15) is 4.79 Å². The Labute approximate surface area is 89.7 Å². The molecule has 0 saturated carbocycles. The minimum absolute atomic E-state index is 0.248. The summed E-state index contributed by atoms with van der Waals surface area (Å²) in [5, 5.41) is 0. The van der Waals surface area contributed by atoms with Crippen LogP contribution in [0.3, 0.4) is 0 Å². The van der Waals surface area contributed by atoms with Crippen LogP contribution in [0.2, 0.25) is 0 Å². The highest BCUT2D eigenvalue weighted by Gasteiger charge is 2.19. The Kier molecular flexibility index (Phi) is 3.48. The number of morpholine rings is 1. The molecule has 0 aromatic heterocycles. The predicted octanol–water partition coefficient (Wildman–Crippen LogP) is 1.09. The second-order valence-corrected chi connectivity index (χ2v) is 3.77. The third-order valence-electron chi connectivity index (χ3n) is 2.58. The molecule has 0 N–H and O–H groups in total. The Morgan fingerprint density at radius 1 is 1.40 bits per heavy atom. The lowest BCUT2D eigenvalue weighted by atomic mass is 10.2. The average molecular weight is 205 g/mol. The van der Waals surface area contributed by atoms with Gasteiger partial charge in [-0.25, -0.2) is 0 Å². The molecule has 1 saturated heterocycles. The van der Waals surface area contributed by atoms with E-state index in [0.29, 0.717) is 13.2 Å². The molecule has 3 nitrogen and oxygen atoms in total. The van der Waals surface area contributed by atoms with Gasteiger partial charge in [-0.1, -0.05) is 30.3 Å². The van der Waals surface area contributed by atoms with Crippen LogP contribution in [0.4, 0.5) is 0 Å². The van der Waals surface area contributed by atoms with Gasteiger partial charge in [-0.3, -0.25) is 4.90 Å². The lowest BCUT2D eigenvalue weighted by Crippen LogP contribution is -2.42. The summed E-state index contributed by atoms with van der Waals surface area (Å²) < 4.78 is 5.29. The second kappa shape index (κ2) is 5.05. The van der Waals surface area contributed by atoms with E-state index in [0.717, 1.165) is 19.4 Å². The molecule has 1 fully saturated rings. The molecule has 2 rings (SSSR count). The van der Waals surface area contributed by atoms with Crippen LogP contribution in [0.15, 0.2) is 30.3 Å². The van der Waals surface area contributed by atoms with Gasteiger partial charge in [-0.15, -0.1) is 0 Å². The van der Waals surface area contributed by atoms with Gasteiger partial charge < -0.3 is 9.53 Å². The summed E-state index contributed by atoms with van der Waals surface area (Å²) >= 11 is 0. The highest BCUT2D eigenvalue weighted by Crippen LogP contribution is 2.09. The van der Waals surface area contributed by atoms with Crippen LogP contribution in [-0.2, 0) is 16.1 Å². The van der Waals surface area contributed by atoms with Gasteiger partial charge in [-0.05, 0) is 5.56 Å². The van der Waals surface area contributed by atoms with E-state index in [-0.39, 0.29) is 6.10 Å². The molecule has 1 atom stereocenters. The molecule has 80 valence electrons. The molecule has 3 heteroatoms. The summed E-state index contributed by atoms with van der Waals surface area (Å²) in [6, 6.07) is 10.3. The first-order valence-electron chi connectivity index (χ1n) is 5.21. The van der Waals surface area contributed by atoms with Crippen molar-refractivity contribution in [3.63, 3.8) is 0 Å². The van der Waals surface area contributed by atoms with Crippen molar-refractivity contribution in [2.24, 2.45) is 0 Å². The number of benzene rings is 1. The van der Waals surface area contributed by atoms with E-state index < -0.39 is 0 Å². The zero-order valence-corrected chi connectivity index (χ0v) is 8.63. The lowest BCUT2D eigenvalue weighted by Gasteiger charge is -2.30. The van der Waals surface area contributed by atoms with E-state index in [1.807, 2.05) is 18.2 Å². The first-order chi connectivity index (χ1) is 7.38. The van der Waals surface area contributed by atoms with E-state index >= 15 is 0 Å². The molecule has 1 aromatic rings. The van der Waals surface area contributed by atoms with Crippen LogP contribution in [-0.4, -0.2) is 37.0 Å². The Hall–Kier alpha value is -1.19. The Morgan fingerprint density at radius 2 is 2.20 bits per heavy atom. The zero-order valence-electron chi connectivity index (χ0n) is 8.63. The van der Waals surface area contributed by atoms with Gasteiger partial charge in [0.1, 0.15) is 12.4 Å². The van der Waals surface area contributed by atoms with Crippen molar-refractivity contribution in [2.75, 3.05) is 19.7 Å². The predicted molar refractivity (Wildman–Crippen MR) is 57.5 cm³/mol. The summed E-state index contributed by atoms with van der Waals surface area (Å²) in [6.45, 7) is 3.16. The van der Waals surface area contributed by atoms with Gasteiger partial charge in [0.05, 0.1) is 6.61 Å². The molecule has 0 bridgehead atoms. The van der Waals surface area contributed by atoms with E-state index in [4.69, 9.17) is 4.74 Å². The molecule has 0 radical (unpaired) electrons. The molecule has 15 heavy (non-hydrogen) atoms. The SMILES string of the molecule is O=C[C@@H]1CN(Cc2ccccc2)CCO1. The minimum Gasteiger partial charge on any atom is -0.368 e. The van der Waals surface area contributed by atoms with Gasteiger partial charge in [-0.2, -0.15) is 0 Å². The fourth-order valence-electron chi connectivity index (χ4n) is 1.80. The number of carbonyl (C=O) groups is 1. The second-order valence-electron chi connectivity index (χ2n) is 3.77. The molecular weight excluding hydrogens is 190 g/mol. The first kappa shape index (κ1) is 10.3. The number of ether oxygens (including phenoxy) is 1. The van der Waals surface area contributed by atoms with E-state index in [1.165, 1.54) is 5.56 Å². The van der Waals surface area contributed by atoms with Crippen molar-refractivity contribution in [2.45, 2.75) is 12.6 Å². The zero-order chi connectivity index (χ0) is 10.5. The number of rotatable bonds is 3. The van der Waals surface area contributed by atoms with Gasteiger partial charge in [0.2, 0.25) is 0 Å². The largest absolute Gasteiger partial charge is 0.368 e. The van der Waals surface area contributed by atoms with E-state index in [1.54, 1.807) is 0 Å². The van der Waals surface area contributed by atoms with Crippen molar-refractivity contribution in [3.8, 4) is 0 Å². The fourth-order valence-corrected chi connectivity index (χ4v) is 1.80. The number of hydrogen-bond donors (Lipinski definition) is 0. The summed E-state index contributed by atoms with van der Waals surface area (Å²) in [6.07, 6.45) is 0.638. The van der Waals surface area contributed by atoms with Crippen molar-refractivity contribution < 1.29 is 9.53 Å². The van der Waals surface area contributed by atoms with Gasteiger partial charge in [0.25, 0.3) is 0 Å². The number of hydrogen-bond acceptors (Lipinski definition) is 3. The van der Waals surface area contributed by atoms with Crippen molar-refractivity contribution in [1.29, 1.82) is 0 Å². The van der Waals surface area contributed by atoms with Gasteiger partial charge >= 0.3 is 0 Å². The molecule has 1 aliphatic rings. The summed E-state index contributed by atoms with van der Waals surface area (Å²) in [5.74, 6) is 0. The van der Waals surface area contributed by atoms with E-state index in [2.05, 4.69) is 17.0 Å². The fraction of sp³-hybridized carbons (Fsp3) is 0.417. The lowest BCUT2D eigenvalue weighted by molar-refractivity contribution is -0.123. The summed E-state index contributed by atoms with van der Waals surface area (Å²) in [5.41, 5.74) is 1.28. The van der Waals surface area contributed by atoms with Crippen LogP contribution in [0.5, 0.6) is 0 Å². The Morgan fingerprint density at radius 3 is 2.93 bits per heavy atom.